The summed E-state index contributed by atoms with van der Waals surface area (Å²) < 4.78 is 19.4. The molecule has 3 nitrogen and oxygen atoms in total. The van der Waals surface area contributed by atoms with Crippen molar-refractivity contribution in [1.29, 1.82) is 0 Å². The molecule has 0 saturated carbocycles. The number of nitrogens with one attached hydrogen (secondary N) is 1. The summed E-state index contributed by atoms with van der Waals surface area (Å²) in [6.45, 7) is 3.99. The number of halogens is 2. The van der Waals surface area contributed by atoms with Crippen LogP contribution in [0.3, 0.4) is 0 Å². The van der Waals surface area contributed by atoms with Gasteiger partial charge in [-0.25, -0.2) is 4.39 Å². The highest BCUT2D eigenvalue weighted by molar-refractivity contribution is 9.10. The zero-order valence-corrected chi connectivity index (χ0v) is 13.1. The number of rotatable bonds is 6. The van der Waals surface area contributed by atoms with Crippen LogP contribution in [0.5, 0.6) is 0 Å². The van der Waals surface area contributed by atoms with Crippen molar-refractivity contribution in [1.82, 2.24) is 5.32 Å². The molecule has 0 radical (unpaired) electrons. The van der Waals surface area contributed by atoms with E-state index in [-0.39, 0.29) is 30.0 Å². The van der Waals surface area contributed by atoms with Crippen LogP contribution in [0.4, 0.5) is 4.39 Å². The fourth-order valence-corrected chi connectivity index (χ4v) is 2.96. The van der Waals surface area contributed by atoms with Gasteiger partial charge in [-0.3, -0.25) is 4.79 Å². The Morgan fingerprint density at radius 3 is 2.95 bits per heavy atom. The summed E-state index contributed by atoms with van der Waals surface area (Å²) >= 11 is 3.24. The Morgan fingerprint density at radius 2 is 2.25 bits per heavy atom. The maximum absolute atomic E-state index is 13.3. The van der Waals surface area contributed by atoms with Crippen molar-refractivity contribution in [2.24, 2.45) is 5.92 Å². The molecule has 1 N–H and O–H groups in total. The van der Waals surface area contributed by atoms with Gasteiger partial charge in [0.15, 0.2) is 0 Å². The van der Waals surface area contributed by atoms with E-state index in [4.69, 9.17) is 4.74 Å². The lowest BCUT2D eigenvalue weighted by Gasteiger charge is -2.17. The van der Waals surface area contributed by atoms with E-state index in [9.17, 15) is 9.18 Å². The predicted molar refractivity (Wildman–Crippen MR) is 79.2 cm³/mol. The van der Waals surface area contributed by atoms with Crippen LogP contribution in [0.1, 0.15) is 18.9 Å². The van der Waals surface area contributed by atoms with Gasteiger partial charge in [0.1, 0.15) is 11.6 Å². The summed E-state index contributed by atoms with van der Waals surface area (Å²) in [6, 6.07) is 4.66. The Morgan fingerprint density at radius 1 is 1.45 bits per heavy atom. The minimum Gasteiger partial charge on any atom is -0.379 e. The lowest BCUT2D eigenvalue weighted by Crippen LogP contribution is -2.40. The van der Waals surface area contributed by atoms with E-state index < -0.39 is 0 Å². The van der Waals surface area contributed by atoms with Gasteiger partial charge in [0.05, 0.1) is 19.1 Å². The van der Waals surface area contributed by atoms with E-state index in [0.29, 0.717) is 23.2 Å². The highest BCUT2D eigenvalue weighted by atomic mass is 79.9. The second kappa shape index (κ2) is 7.29. The average Bonchev–Trinajstić information content (AvgIpc) is 2.83. The second-order valence-corrected chi connectivity index (χ2v) is 6.04. The van der Waals surface area contributed by atoms with Crippen LogP contribution in [0.25, 0.3) is 0 Å². The van der Waals surface area contributed by atoms with Crippen molar-refractivity contribution < 1.29 is 13.9 Å². The molecule has 5 heteroatoms. The van der Waals surface area contributed by atoms with Crippen molar-refractivity contribution in [2.75, 3.05) is 19.8 Å². The smallest absolute Gasteiger partial charge is 0.144 e. The molecule has 1 aliphatic heterocycles. The minimum absolute atomic E-state index is 0.0828. The molecule has 1 aromatic carbocycles. The van der Waals surface area contributed by atoms with E-state index in [0.717, 1.165) is 13.0 Å². The van der Waals surface area contributed by atoms with Gasteiger partial charge in [0.2, 0.25) is 0 Å². The predicted octanol–water partition coefficient (Wildman–Crippen LogP) is 2.71. The van der Waals surface area contributed by atoms with Crippen LogP contribution in [0.2, 0.25) is 0 Å². The van der Waals surface area contributed by atoms with Crippen molar-refractivity contribution in [2.45, 2.75) is 25.8 Å². The third-order valence-electron chi connectivity index (χ3n) is 3.45. The molecule has 1 heterocycles. The Hall–Kier alpha value is -0.780. The number of benzene rings is 1. The Balaban J connectivity index is 1.99. The molecule has 0 aliphatic carbocycles. The summed E-state index contributed by atoms with van der Waals surface area (Å²) in [5.74, 6) is -0.359. The molecule has 0 amide bonds. The van der Waals surface area contributed by atoms with E-state index in [1.807, 2.05) is 0 Å². The topological polar surface area (TPSA) is 38.3 Å². The number of carbonyl (C=O) groups is 1. The molecule has 2 rings (SSSR count). The SMILES string of the molecule is CCCNC1COCC1C(=O)Cc1cc(F)cc(Br)c1. The first-order chi connectivity index (χ1) is 9.60. The van der Waals surface area contributed by atoms with Gasteiger partial charge < -0.3 is 10.1 Å². The first-order valence-corrected chi connectivity index (χ1v) is 7.68. The fourth-order valence-electron chi connectivity index (χ4n) is 2.45. The van der Waals surface area contributed by atoms with E-state index in [1.54, 1.807) is 6.07 Å². The number of ketones is 1. The average molecular weight is 344 g/mol. The molecule has 1 aromatic rings. The molecule has 1 aliphatic rings. The number of Topliss-reactive ketones (excluding diaryl/α,β-unsaturated/α-hetero) is 1. The first-order valence-electron chi connectivity index (χ1n) is 6.89. The zero-order valence-electron chi connectivity index (χ0n) is 11.5. The van der Waals surface area contributed by atoms with Crippen LogP contribution in [0, 0.1) is 11.7 Å². The summed E-state index contributed by atoms with van der Waals surface area (Å²) in [7, 11) is 0. The largest absolute Gasteiger partial charge is 0.379 e. The standard InChI is InChI=1S/C15H19BrFNO2/c1-2-3-18-14-9-20-8-13(14)15(19)6-10-4-11(16)7-12(17)5-10/h4-5,7,13-14,18H,2-3,6,8-9H2,1H3. The van der Waals surface area contributed by atoms with Crippen molar-refractivity contribution >= 4 is 21.7 Å². The third-order valence-corrected chi connectivity index (χ3v) is 3.91. The quantitative estimate of drug-likeness (QED) is 0.862. The highest BCUT2D eigenvalue weighted by Gasteiger charge is 2.33. The maximum Gasteiger partial charge on any atom is 0.144 e. The van der Waals surface area contributed by atoms with Crippen LogP contribution in [0.15, 0.2) is 22.7 Å². The molecule has 2 atom stereocenters. The van der Waals surface area contributed by atoms with Crippen LogP contribution < -0.4 is 5.32 Å². The number of hydrogen-bond acceptors (Lipinski definition) is 3. The molecular weight excluding hydrogens is 325 g/mol. The van der Waals surface area contributed by atoms with Gasteiger partial charge in [-0.15, -0.1) is 0 Å². The fraction of sp³-hybridized carbons (Fsp3) is 0.533. The molecule has 0 aromatic heterocycles. The summed E-state index contributed by atoms with van der Waals surface area (Å²) in [6.07, 6.45) is 1.27. The number of hydrogen-bond donors (Lipinski definition) is 1. The lowest BCUT2D eigenvalue weighted by atomic mass is 9.93. The Kier molecular flexibility index (Phi) is 5.69. The maximum atomic E-state index is 13.3. The summed E-state index contributed by atoms with van der Waals surface area (Å²) in [5.41, 5.74) is 0.697. The zero-order chi connectivity index (χ0) is 14.5. The molecule has 2 unspecified atom stereocenters. The van der Waals surface area contributed by atoms with E-state index >= 15 is 0 Å². The molecule has 1 saturated heterocycles. The Bertz CT molecular complexity index is 461. The molecule has 1 fully saturated rings. The molecule has 110 valence electrons. The number of ether oxygens (including phenoxy) is 1. The van der Waals surface area contributed by atoms with Crippen molar-refractivity contribution in [3.05, 3.63) is 34.1 Å². The van der Waals surface area contributed by atoms with Gasteiger partial charge in [0, 0.05) is 16.9 Å². The van der Waals surface area contributed by atoms with Gasteiger partial charge in [-0.1, -0.05) is 22.9 Å². The normalized spacial score (nSPS) is 22.1. The van der Waals surface area contributed by atoms with Gasteiger partial charge in [-0.2, -0.15) is 0 Å². The molecular formula is C15H19BrFNO2. The monoisotopic (exact) mass is 343 g/mol. The second-order valence-electron chi connectivity index (χ2n) is 5.13. The minimum atomic E-state index is -0.328. The van der Waals surface area contributed by atoms with Gasteiger partial charge in [-0.05, 0) is 36.7 Å². The van der Waals surface area contributed by atoms with Crippen LogP contribution in [-0.2, 0) is 16.0 Å². The molecule has 20 heavy (non-hydrogen) atoms. The number of carbonyl (C=O) groups excluding carboxylic acids is 1. The van der Waals surface area contributed by atoms with Crippen LogP contribution >= 0.6 is 15.9 Å². The van der Waals surface area contributed by atoms with Gasteiger partial charge in [0.25, 0.3) is 0 Å². The van der Waals surface area contributed by atoms with E-state index in [2.05, 4.69) is 28.2 Å². The Labute approximate surface area is 127 Å². The van der Waals surface area contributed by atoms with Crippen molar-refractivity contribution in [3.8, 4) is 0 Å². The van der Waals surface area contributed by atoms with Crippen LogP contribution in [-0.4, -0.2) is 31.6 Å². The van der Waals surface area contributed by atoms with E-state index in [1.165, 1.54) is 12.1 Å². The molecule has 0 bridgehead atoms. The first kappa shape index (κ1) is 15.6. The van der Waals surface area contributed by atoms with Gasteiger partial charge >= 0.3 is 0 Å². The third kappa shape index (κ3) is 4.11. The summed E-state index contributed by atoms with van der Waals surface area (Å²) in [5, 5.41) is 3.34. The van der Waals surface area contributed by atoms with Crippen molar-refractivity contribution in [3.63, 3.8) is 0 Å². The summed E-state index contributed by atoms with van der Waals surface area (Å²) in [4.78, 5) is 12.4. The lowest BCUT2D eigenvalue weighted by molar-refractivity contribution is -0.122. The molecule has 0 spiro atoms. The highest BCUT2D eigenvalue weighted by Crippen LogP contribution is 2.20.